The van der Waals surface area contributed by atoms with Gasteiger partial charge in [0.1, 0.15) is 0 Å². The molecule has 0 saturated heterocycles. The number of nitrogens with one attached hydrogen (secondary N) is 2. The van der Waals surface area contributed by atoms with Crippen molar-refractivity contribution in [3.63, 3.8) is 0 Å². The van der Waals surface area contributed by atoms with E-state index >= 15 is 0 Å². The molecule has 0 fully saturated rings. The van der Waals surface area contributed by atoms with Crippen LogP contribution in [-0.2, 0) is 4.79 Å². The Hall–Kier alpha value is -0.570. The Morgan fingerprint density at radius 1 is 1.00 bits per heavy atom. The molecule has 0 bridgehead atoms. The predicted molar refractivity (Wildman–Crippen MR) is 60.3 cm³/mol. The topological polar surface area (TPSA) is 41.1 Å². The molecule has 0 aliphatic carbocycles. The zero-order chi connectivity index (χ0) is 10.6. The van der Waals surface area contributed by atoms with E-state index in [1.165, 1.54) is 25.7 Å². The molecule has 0 rings (SSSR count). The van der Waals surface area contributed by atoms with Crippen LogP contribution in [-0.4, -0.2) is 26.0 Å². The molecule has 0 unspecified atom stereocenters. The fourth-order valence-electron chi connectivity index (χ4n) is 1.31. The fraction of sp³-hybridized carbons (Fsp3) is 0.909. The zero-order valence-corrected chi connectivity index (χ0v) is 9.57. The monoisotopic (exact) mass is 200 g/mol. The molecule has 3 nitrogen and oxygen atoms in total. The van der Waals surface area contributed by atoms with E-state index in [0.717, 1.165) is 19.5 Å². The van der Waals surface area contributed by atoms with E-state index in [4.69, 9.17) is 0 Å². The highest BCUT2D eigenvalue weighted by Gasteiger charge is 1.94. The van der Waals surface area contributed by atoms with Crippen molar-refractivity contribution in [3.8, 4) is 0 Å². The van der Waals surface area contributed by atoms with E-state index in [1.807, 2.05) is 14.0 Å². The van der Waals surface area contributed by atoms with Crippen LogP contribution in [0.3, 0.4) is 0 Å². The lowest BCUT2D eigenvalue weighted by atomic mass is 10.1. The normalized spacial score (nSPS) is 10.1. The van der Waals surface area contributed by atoms with Crippen molar-refractivity contribution in [3.05, 3.63) is 0 Å². The minimum absolute atomic E-state index is 0.167. The summed E-state index contributed by atoms with van der Waals surface area (Å²) in [6.07, 6.45) is 6.78. The van der Waals surface area contributed by atoms with Crippen LogP contribution < -0.4 is 10.6 Å². The molecule has 0 saturated carbocycles. The molecule has 0 aromatic heterocycles. The highest BCUT2D eigenvalue weighted by molar-refractivity contribution is 5.75. The number of unbranched alkanes of at least 4 members (excludes halogenated alkanes) is 4. The lowest BCUT2D eigenvalue weighted by Crippen LogP contribution is -2.23. The third-order valence-electron chi connectivity index (χ3n) is 2.25. The standard InChI is InChI=1S/C11H24N2O/c1-3-11(14)13-10-8-6-4-5-7-9-12-2/h12H,3-10H2,1-2H3,(H,13,14). The lowest BCUT2D eigenvalue weighted by Gasteiger charge is -2.03. The van der Waals surface area contributed by atoms with Crippen molar-refractivity contribution in [2.24, 2.45) is 0 Å². The average Bonchev–Trinajstić information content (AvgIpc) is 2.21. The Bertz CT molecular complexity index is 137. The van der Waals surface area contributed by atoms with Crippen LogP contribution >= 0.6 is 0 Å². The first kappa shape index (κ1) is 13.4. The van der Waals surface area contributed by atoms with Gasteiger partial charge in [-0.05, 0) is 26.4 Å². The summed E-state index contributed by atoms with van der Waals surface area (Å²) in [6.45, 7) is 3.85. The van der Waals surface area contributed by atoms with E-state index in [2.05, 4.69) is 10.6 Å². The summed E-state index contributed by atoms with van der Waals surface area (Å²) in [4.78, 5) is 10.9. The maximum absolute atomic E-state index is 10.9. The number of amides is 1. The van der Waals surface area contributed by atoms with Gasteiger partial charge in [-0.3, -0.25) is 4.79 Å². The number of hydrogen-bond donors (Lipinski definition) is 2. The molecule has 3 heteroatoms. The Morgan fingerprint density at radius 3 is 2.14 bits per heavy atom. The zero-order valence-electron chi connectivity index (χ0n) is 9.57. The Balaban J connectivity index is 2.95. The van der Waals surface area contributed by atoms with Gasteiger partial charge < -0.3 is 10.6 Å². The molecule has 0 atom stereocenters. The number of hydrogen-bond acceptors (Lipinski definition) is 2. The highest BCUT2D eigenvalue weighted by Crippen LogP contribution is 2.01. The van der Waals surface area contributed by atoms with E-state index in [-0.39, 0.29) is 5.91 Å². The van der Waals surface area contributed by atoms with Gasteiger partial charge in [-0.1, -0.05) is 26.2 Å². The van der Waals surface area contributed by atoms with Crippen LogP contribution in [0.1, 0.15) is 45.4 Å². The van der Waals surface area contributed by atoms with Crippen LogP contribution in [0.5, 0.6) is 0 Å². The van der Waals surface area contributed by atoms with Gasteiger partial charge in [0, 0.05) is 13.0 Å². The maximum Gasteiger partial charge on any atom is 0.219 e. The van der Waals surface area contributed by atoms with Crippen molar-refractivity contribution in [1.82, 2.24) is 10.6 Å². The first-order valence-electron chi connectivity index (χ1n) is 5.72. The van der Waals surface area contributed by atoms with E-state index in [9.17, 15) is 4.79 Å². The van der Waals surface area contributed by atoms with Crippen molar-refractivity contribution in [2.45, 2.75) is 45.4 Å². The molecule has 0 aromatic carbocycles. The molecule has 0 heterocycles. The van der Waals surface area contributed by atoms with Gasteiger partial charge in [0.25, 0.3) is 0 Å². The largest absolute Gasteiger partial charge is 0.356 e. The molecule has 14 heavy (non-hydrogen) atoms. The second-order valence-electron chi connectivity index (χ2n) is 3.57. The van der Waals surface area contributed by atoms with Gasteiger partial charge in [-0.2, -0.15) is 0 Å². The number of carbonyl (C=O) groups is 1. The molecular formula is C11H24N2O. The molecule has 0 aliphatic heterocycles. The van der Waals surface area contributed by atoms with Crippen LogP contribution in [0.2, 0.25) is 0 Å². The fourth-order valence-corrected chi connectivity index (χ4v) is 1.31. The third kappa shape index (κ3) is 9.52. The van der Waals surface area contributed by atoms with Gasteiger partial charge in [-0.25, -0.2) is 0 Å². The molecule has 84 valence electrons. The van der Waals surface area contributed by atoms with E-state index in [0.29, 0.717) is 6.42 Å². The Labute approximate surface area is 87.6 Å². The lowest BCUT2D eigenvalue weighted by molar-refractivity contribution is -0.120. The van der Waals surface area contributed by atoms with Crippen LogP contribution in [0, 0.1) is 0 Å². The molecule has 1 amide bonds. The van der Waals surface area contributed by atoms with Crippen molar-refractivity contribution < 1.29 is 4.79 Å². The minimum atomic E-state index is 0.167. The molecule has 0 aliphatic rings. The Morgan fingerprint density at radius 2 is 1.57 bits per heavy atom. The van der Waals surface area contributed by atoms with Crippen LogP contribution in [0.4, 0.5) is 0 Å². The number of rotatable bonds is 9. The van der Waals surface area contributed by atoms with Crippen molar-refractivity contribution in [1.29, 1.82) is 0 Å². The molecular weight excluding hydrogens is 176 g/mol. The summed E-state index contributed by atoms with van der Waals surface area (Å²) in [5, 5.41) is 6.02. The summed E-state index contributed by atoms with van der Waals surface area (Å²) in [6, 6.07) is 0. The van der Waals surface area contributed by atoms with Crippen molar-refractivity contribution >= 4 is 5.91 Å². The van der Waals surface area contributed by atoms with E-state index in [1.54, 1.807) is 0 Å². The summed E-state index contributed by atoms with van der Waals surface area (Å²) < 4.78 is 0. The van der Waals surface area contributed by atoms with Gasteiger partial charge in [0.2, 0.25) is 5.91 Å². The van der Waals surface area contributed by atoms with Gasteiger partial charge in [-0.15, -0.1) is 0 Å². The average molecular weight is 200 g/mol. The molecule has 0 radical (unpaired) electrons. The summed E-state index contributed by atoms with van der Waals surface area (Å²) in [5.74, 6) is 0.167. The molecule has 0 aromatic rings. The SMILES string of the molecule is CCC(=O)NCCCCCCCNC. The van der Waals surface area contributed by atoms with Gasteiger partial charge >= 0.3 is 0 Å². The molecule has 2 N–H and O–H groups in total. The maximum atomic E-state index is 10.9. The molecule has 0 spiro atoms. The summed E-state index contributed by atoms with van der Waals surface area (Å²) in [7, 11) is 1.99. The first-order valence-corrected chi connectivity index (χ1v) is 5.72. The first-order chi connectivity index (χ1) is 6.81. The smallest absolute Gasteiger partial charge is 0.219 e. The summed E-state index contributed by atoms with van der Waals surface area (Å²) >= 11 is 0. The third-order valence-corrected chi connectivity index (χ3v) is 2.25. The number of carbonyl (C=O) groups excluding carboxylic acids is 1. The Kier molecular flexibility index (Phi) is 10.1. The second kappa shape index (κ2) is 10.5. The van der Waals surface area contributed by atoms with Crippen LogP contribution in [0.25, 0.3) is 0 Å². The minimum Gasteiger partial charge on any atom is -0.356 e. The predicted octanol–water partition coefficient (Wildman–Crippen LogP) is 1.68. The van der Waals surface area contributed by atoms with Crippen molar-refractivity contribution in [2.75, 3.05) is 20.1 Å². The quantitative estimate of drug-likeness (QED) is 0.556. The van der Waals surface area contributed by atoms with Crippen LogP contribution in [0.15, 0.2) is 0 Å². The van der Waals surface area contributed by atoms with Gasteiger partial charge in [0.15, 0.2) is 0 Å². The second-order valence-corrected chi connectivity index (χ2v) is 3.57. The summed E-state index contributed by atoms with van der Waals surface area (Å²) in [5.41, 5.74) is 0. The van der Waals surface area contributed by atoms with E-state index < -0.39 is 0 Å². The van der Waals surface area contributed by atoms with Gasteiger partial charge in [0.05, 0.1) is 0 Å². The highest BCUT2D eigenvalue weighted by atomic mass is 16.1.